The number of hydrogen-bond acceptors (Lipinski definition) is 8. The number of amides is 2. The van der Waals surface area contributed by atoms with Crippen LogP contribution in [0.3, 0.4) is 0 Å². The molecule has 10 nitrogen and oxygen atoms in total. The molecule has 63 heavy (non-hydrogen) atoms. The molecule has 0 bridgehead atoms. The number of hydrogen-bond donors (Lipinski definition) is 2. The Morgan fingerprint density at radius 3 is 1.17 bits per heavy atom. The molecule has 2 amide bonds. The Labute approximate surface area is 382 Å². The van der Waals surface area contributed by atoms with E-state index in [0.29, 0.717) is 60.8 Å². The summed E-state index contributed by atoms with van der Waals surface area (Å²) in [7, 11) is 8.26. The van der Waals surface area contributed by atoms with Gasteiger partial charge in [-0.1, -0.05) is 90.1 Å². The van der Waals surface area contributed by atoms with Gasteiger partial charge in [0.15, 0.2) is 23.0 Å². The molecule has 4 aromatic rings. The molecule has 0 spiro atoms. The fraction of sp³-hybridized carbons (Fsp3) is 0.423. The zero-order valence-electron chi connectivity index (χ0n) is 39.1. The predicted molar refractivity (Wildman–Crippen MR) is 261 cm³/mol. The Balaban J connectivity index is 0.000000272. The van der Waals surface area contributed by atoms with Crippen LogP contribution < -0.4 is 29.6 Å². The molecular formula is C52H69ClN4O6. The van der Waals surface area contributed by atoms with Crippen LogP contribution in [0.2, 0.25) is 0 Å². The Morgan fingerprint density at radius 2 is 0.857 bits per heavy atom. The van der Waals surface area contributed by atoms with Crippen molar-refractivity contribution in [2.24, 2.45) is 0 Å². The van der Waals surface area contributed by atoms with Gasteiger partial charge in [-0.05, 0) is 135 Å². The van der Waals surface area contributed by atoms with E-state index in [-0.39, 0.29) is 35.1 Å². The van der Waals surface area contributed by atoms with Crippen molar-refractivity contribution in [1.82, 2.24) is 9.80 Å². The fourth-order valence-electron chi connectivity index (χ4n) is 7.06. The minimum atomic E-state index is -0.142. The van der Waals surface area contributed by atoms with Crippen LogP contribution in [-0.4, -0.2) is 89.3 Å². The van der Waals surface area contributed by atoms with E-state index in [1.54, 1.807) is 12.2 Å². The number of carbonyl (C=O) groups is 2. The number of benzene rings is 4. The first kappa shape index (κ1) is 50.4. The molecule has 2 heterocycles. The second-order valence-corrected chi connectivity index (χ2v) is 18.5. The average Bonchev–Trinajstić information content (AvgIpc) is 3.22. The molecule has 0 atom stereocenters. The molecule has 11 heteroatoms. The zero-order valence-corrected chi connectivity index (χ0v) is 39.9. The van der Waals surface area contributed by atoms with Gasteiger partial charge in [0.05, 0.1) is 0 Å². The van der Waals surface area contributed by atoms with Crippen molar-refractivity contribution in [2.45, 2.75) is 78.1 Å². The van der Waals surface area contributed by atoms with Crippen molar-refractivity contribution < 1.29 is 28.5 Å². The molecule has 0 saturated carbocycles. The molecule has 4 aromatic carbocycles. The van der Waals surface area contributed by atoms with Gasteiger partial charge in [-0.2, -0.15) is 0 Å². The van der Waals surface area contributed by atoms with Crippen molar-refractivity contribution in [3.8, 4) is 23.0 Å². The van der Waals surface area contributed by atoms with Crippen LogP contribution >= 0.6 is 12.4 Å². The standard InChI is InChI=1S/2C26H34N2O3.ClH/c2*1-26(2,3)21-10-8-19(9-11-21)20(7-6-14-28(4)5)17-25(29)27-22-12-13-23-24(18-22)31-16-15-30-23;/h2*8-13,17-18H,6-7,14-16H2,1-5H3,(H,27,29);1H/b2*20-17+;. The van der Waals surface area contributed by atoms with Gasteiger partial charge in [-0.3, -0.25) is 9.59 Å². The zero-order chi connectivity index (χ0) is 44.9. The van der Waals surface area contributed by atoms with Crippen LogP contribution in [0.25, 0.3) is 11.1 Å². The van der Waals surface area contributed by atoms with Crippen LogP contribution in [0.5, 0.6) is 23.0 Å². The third-order valence-electron chi connectivity index (χ3n) is 10.6. The third kappa shape index (κ3) is 16.1. The van der Waals surface area contributed by atoms with E-state index in [1.165, 1.54) is 11.1 Å². The van der Waals surface area contributed by atoms with E-state index >= 15 is 0 Å². The van der Waals surface area contributed by atoms with Gasteiger partial charge < -0.3 is 39.4 Å². The van der Waals surface area contributed by atoms with E-state index in [2.05, 4.69) is 139 Å². The number of nitrogens with one attached hydrogen (secondary N) is 2. The van der Waals surface area contributed by atoms with Crippen LogP contribution in [-0.2, 0) is 20.4 Å². The Kier molecular flexibility index (Phi) is 18.7. The second kappa shape index (κ2) is 23.4. The summed E-state index contributed by atoms with van der Waals surface area (Å²) in [6.45, 7) is 17.3. The summed E-state index contributed by atoms with van der Waals surface area (Å²) < 4.78 is 22.3. The smallest absolute Gasteiger partial charge is 0.248 e. The van der Waals surface area contributed by atoms with Crippen LogP contribution in [0.4, 0.5) is 11.4 Å². The van der Waals surface area contributed by atoms with Crippen molar-refractivity contribution >= 4 is 46.7 Å². The molecule has 2 N–H and O–H groups in total. The van der Waals surface area contributed by atoms with Crippen LogP contribution in [0, 0.1) is 0 Å². The molecule has 2 aliphatic heterocycles. The van der Waals surface area contributed by atoms with Crippen molar-refractivity contribution in [2.75, 3.05) is 78.3 Å². The maximum Gasteiger partial charge on any atom is 0.248 e. The van der Waals surface area contributed by atoms with Gasteiger partial charge in [0.25, 0.3) is 0 Å². The summed E-state index contributed by atoms with van der Waals surface area (Å²) >= 11 is 0. The number of ether oxygens (including phenoxy) is 4. The topological polar surface area (TPSA) is 102 Å². The van der Waals surface area contributed by atoms with Gasteiger partial charge >= 0.3 is 0 Å². The first-order valence-electron chi connectivity index (χ1n) is 21.8. The lowest BCUT2D eigenvalue weighted by Crippen LogP contribution is -2.16. The van der Waals surface area contributed by atoms with E-state index in [4.69, 9.17) is 18.9 Å². The number of rotatable bonds is 14. The Bertz CT molecular complexity index is 2010. The minimum Gasteiger partial charge on any atom is -0.486 e. The minimum absolute atomic E-state index is 0. The number of fused-ring (bicyclic) bond motifs is 2. The van der Waals surface area contributed by atoms with Gasteiger partial charge in [0.2, 0.25) is 11.8 Å². The van der Waals surface area contributed by atoms with Crippen molar-refractivity contribution in [3.05, 3.63) is 119 Å². The second-order valence-electron chi connectivity index (χ2n) is 18.5. The summed E-state index contributed by atoms with van der Waals surface area (Å²) in [6.07, 6.45) is 7.08. The van der Waals surface area contributed by atoms with E-state index in [1.807, 2.05) is 36.4 Å². The molecule has 2 aliphatic rings. The first-order valence-corrected chi connectivity index (χ1v) is 21.8. The van der Waals surface area contributed by atoms with Crippen molar-refractivity contribution in [1.29, 1.82) is 0 Å². The summed E-state index contributed by atoms with van der Waals surface area (Å²) in [4.78, 5) is 30.0. The molecule has 0 saturated heterocycles. The van der Waals surface area contributed by atoms with Crippen LogP contribution in [0.1, 0.15) is 89.5 Å². The molecule has 0 unspecified atom stereocenters. The van der Waals surface area contributed by atoms with E-state index in [0.717, 1.165) is 61.0 Å². The summed E-state index contributed by atoms with van der Waals surface area (Å²) in [5.41, 5.74) is 8.41. The Hall–Kier alpha value is -5.29. The van der Waals surface area contributed by atoms with Crippen LogP contribution in [0.15, 0.2) is 97.1 Å². The van der Waals surface area contributed by atoms with Gasteiger partial charge in [0.1, 0.15) is 26.4 Å². The molecule has 0 radical (unpaired) electrons. The molecule has 0 aliphatic carbocycles. The first-order chi connectivity index (χ1) is 29.4. The summed E-state index contributed by atoms with van der Waals surface area (Å²) in [5, 5.41) is 5.93. The van der Waals surface area contributed by atoms with Gasteiger partial charge in [-0.25, -0.2) is 0 Å². The quantitative estimate of drug-likeness (QED) is 0.121. The van der Waals surface area contributed by atoms with E-state index in [9.17, 15) is 9.59 Å². The third-order valence-corrected chi connectivity index (χ3v) is 10.6. The largest absolute Gasteiger partial charge is 0.486 e. The van der Waals surface area contributed by atoms with Gasteiger partial charge in [0, 0.05) is 35.7 Å². The highest BCUT2D eigenvalue weighted by Crippen LogP contribution is 2.34. The lowest BCUT2D eigenvalue weighted by atomic mass is 9.86. The molecule has 0 fully saturated rings. The normalized spacial score (nSPS) is 13.7. The highest BCUT2D eigenvalue weighted by atomic mass is 35.5. The average molecular weight is 882 g/mol. The lowest BCUT2D eigenvalue weighted by molar-refractivity contribution is -0.112. The molecule has 340 valence electrons. The highest BCUT2D eigenvalue weighted by Gasteiger charge is 2.18. The van der Waals surface area contributed by atoms with E-state index < -0.39 is 0 Å². The maximum absolute atomic E-state index is 12.8. The summed E-state index contributed by atoms with van der Waals surface area (Å²) in [5.74, 6) is 2.47. The fourth-order valence-corrected chi connectivity index (χ4v) is 7.06. The Morgan fingerprint density at radius 1 is 0.524 bits per heavy atom. The van der Waals surface area contributed by atoms with Crippen molar-refractivity contribution in [3.63, 3.8) is 0 Å². The number of allylic oxidation sites excluding steroid dienone is 2. The molecular weight excluding hydrogens is 812 g/mol. The number of anilines is 2. The number of nitrogens with zero attached hydrogens (tertiary/aromatic N) is 2. The monoisotopic (exact) mass is 880 g/mol. The van der Waals surface area contributed by atoms with Gasteiger partial charge in [-0.15, -0.1) is 12.4 Å². The number of carbonyl (C=O) groups excluding carboxylic acids is 2. The maximum atomic E-state index is 12.8. The SMILES string of the molecule is CN(C)CCC/C(=C\C(=O)Nc1ccc2c(c1)OCCO2)c1ccc(C(C)(C)C)cc1.CN(C)CCC/C(=C\C(=O)Nc1ccc2c(c1)OCCO2)c1ccc(C(C)(C)C)cc1.Cl. The lowest BCUT2D eigenvalue weighted by Gasteiger charge is -2.20. The molecule has 6 rings (SSSR count). The summed E-state index contributed by atoms with van der Waals surface area (Å²) in [6, 6.07) is 28.1. The molecule has 0 aromatic heterocycles. The predicted octanol–water partition coefficient (Wildman–Crippen LogP) is 10.7. The highest BCUT2D eigenvalue weighted by molar-refractivity contribution is 6.05. The number of halogens is 1.